The molecule has 1 heterocycles. The smallest absolute Gasteiger partial charge is 0.240 e. The Bertz CT molecular complexity index is 374. The highest BCUT2D eigenvalue weighted by molar-refractivity contribution is 5.85. The summed E-state index contributed by atoms with van der Waals surface area (Å²) in [5.74, 6) is 0.541. The van der Waals surface area contributed by atoms with Crippen LogP contribution in [0.5, 0.6) is 0 Å². The standard InChI is InChI=1S/C15H27N3O2.ClH/c1-15(11-16,12-7-8-12)17-13(19)10-18-9-5-3-2-4-6-14(18)20;/h12H,2-11,16H2,1H3,(H,17,19);1H. The van der Waals surface area contributed by atoms with E-state index in [-0.39, 0.29) is 36.3 Å². The van der Waals surface area contributed by atoms with Crippen molar-refractivity contribution >= 4 is 24.2 Å². The topological polar surface area (TPSA) is 75.4 Å². The molecule has 0 aromatic carbocycles. The number of hydrogen-bond donors (Lipinski definition) is 2. The Labute approximate surface area is 133 Å². The lowest BCUT2D eigenvalue weighted by atomic mass is 9.96. The molecular weight excluding hydrogens is 290 g/mol. The van der Waals surface area contributed by atoms with E-state index in [1.54, 1.807) is 4.90 Å². The second kappa shape index (κ2) is 7.99. The molecule has 3 N–H and O–H groups in total. The molecule has 6 heteroatoms. The van der Waals surface area contributed by atoms with Gasteiger partial charge < -0.3 is 16.0 Å². The molecule has 122 valence electrons. The van der Waals surface area contributed by atoms with E-state index in [0.717, 1.165) is 38.5 Å². The Kier molecular flexibility index (Phi) is 6.94. The Morgan fingerprint density at radius 1 is 1.33 bits per heavy atom. The molecule has 21 heavy (non-hydrogen) atoms. The minimum atomic E-state index is -0.303. The van der Waals surface area contributed by atoms with Crippen LogP contribution in [-0.2, 0) is 9.59 Å². The van der Waals surface area contributed by atoms with Gasteiger partial charge in [0.1, 0.15) is 0 Å². The molecule has 1 saturated heterocycles. The molecule has 1 aliphatic carbocycles. The molecule has 5 nitrogen and oxygen atoms in total. The van der Waals surface area contributed by atoms with E-state index >= 15 is 0 Å². The molecule has 0 aromatic rings. The largest absolute Gasteiger partial charge is 0.348 e. The number of amides is 2. The fourth-order valence-corrected chi connectivity index (χ4v) is 2.95. The Morgan fingerprint density at radius 2 is 2.00 bits per heavy atom. The monoisotopic (exact) mass is 317 g/mol. The van der Waals surface area contributed by atoms with Crippen molar-refractivity contribution in [2.45, 2.75) is 57.4 Å². The normalized spacial score (nSPS) is 22.6. The first kappa shape index (κ1) is 18.2. The van der Waals surface area contributed by atoms with Gasteiger partial charge in [-0.05, 0) is 38.5 Å². The lowest BCUT2D eigenvalue weighted by Gasteiger charge is -2.31. The van der Waals surface area contributed by atoms with Crippen molar-refractivity contribution < 1.29 is 9.59 Å². The van der Waals surface area contributed by atoms with Crippen LogP contribution >= 0.6 is 12.4 Å². The maximum absolute atomic E-state index is 12.2. The number of carbonyl (C=O) groups is 2. The minimum absolute atomic E-state index is 0. The first-order valence-corrected chi connectivity index (χ1v) is 7.84. The molecule has 0 radical (unpaired) electrons. The first-order valence-electron chi connectivity index (χ1n) is 7.84. The van der Waals surface area contributed by atoms with Crippen LogP contribution in [0.15, 0.2) is 0 Å². The Morgan fingerprint density at radius 3 is 2.62 bits per heavy atom. The fraction of sp³-hybridized carbons (Fsp3) is 0.867. The molecular formula is C15H28ClN3O2. The molecule has 2 rings (SSSR count). The van der Waals surface area contributed by atoms with Crippen molar-refractivity contribution in [3.8, 4) is 0 Å². The fourth-order valence-electron chi connectivity index (χ4n) is 2.95. The molecule has 0 spiro atoms. The van der Waals surface area contributed by atoms with Gasteiger partial charge in [-0.2, -0.15) is 0 Å². The zero-order chi connectivity index (χ0) is 14.6. The molecule has 1 atom stereocenters. The summed E-state index contributed by atoms with van der Waals surface area (Å²) in [6, 6.07) is 0. The van der Waals surface area contributed by atoms with Crippen LogP contribution < -0.4 is 11.1 Å². The van der Waals surface area contributed by atoms with Crippen LogP contribution in [0.25, 0.3) is 0 Å². The van der Waals surface area contributed by atoms with Gasteiger partial charge in [0.2, 0.25) is 11.8 Å². The Balaban J connectivity index is 0.00000220. The quantitative estimate of drug-likeness (QED) is 0.805. The average Bonchev–Trinajstić information content (AvgIpc) is 3.23. The zero-order valence-corrected chi connectivity index (χ0v) is 13.7. The first-order chi connectivity index (χ1) is 9.55. The van der Waals surface area contributed by atoms with Gasteiger partial charge in [0.05, 0.1) is 12.1 Å². The highest BCUT2D eigenvalue weighted by Crippen LogP contribution is 2.38. The summed E-state index contributed by atoms with van der Waals surface area (Å²) in [5.41, 5.74) is 5.50. The molecule has 2 fully saturated rings. The predicted octanol–water partition coefficient (Wildman–Crippen LogP) is 1.44. The van der Waals surface area contributed by atoms with Crippen LogP contribution in [-0.4, -0.2) is 41.9 Å². The van der Waals surface area contributed by atoms with Crippen molar-refractivity contribution in [2.75, 3.05) is 19.6 Å². The highest BCUT2D eigenvalue weighted by Gasteiger charge is 2.41. The van der Waals surface area contributed by atoms with Gasteiger partial charge in [-0.25, -0.2) is 0 Å². The maximum atomic E-state index is 12.2. The molecule has 1 aliphatic heterocycles. The van der Waals surface area contributed by atoms with Crippen molar-refractivity contribution in [1.82, 2.24) is 10.2 Å². The minimum Gasteiger partial charge on any atom is -0.348 e. The van der Waals surface area contributed by atoms with Crippen LogP contribution in [0, 0.1) is 5.92 Å². The summed E-state index contributed by atoms with van der Waals surface area (Å²) in [5, 5.41) is 3.05. The van der Waals surface area contributed by atoms with E-state index in [1.807, 2.05) is 6.92 Å². The van der Waals surface area contributed by atoms with E-state index in [4.69, 9.17) is 5.73 Å². The summed E-state index contributed by atoms with van der Waals surface area (Å²) in [7, 11) is 0. The maximum Gasteiger partial charge on any atom is 0.240 e. The third-order valence-corrected chi connectivity index (χ3v) is 4.58. The van der Waals surface area contributed by atoms with Crippen LogP contribution in [0.4, 0.5) is 0 Å². The van der Waals surface area contributed by atoms with Gasteiger partial charge >= 0.3 is 0 Å². The summed E-state index contributed by atoms with van der Waals surface area (Å²) >= 11 is 0. The number of halogens is 1. The molecule has 2 aliphatic rings. The number of likely N-dealkylation sites (tertiary alicyclic amines) is 1. The number of hydrogen-bond acceptors (Lipinski definition) is 3. The number of carbonyl (C=O) groups excluding carboxylic acids is 2. The summed E-state index contributed by atoms with van der Waals surface area (Å²) in [6.07, 6.45) is 7.05. The third-order valence-electron chi connectivity index (χ3n) is 4.58. The SMILES string of the molecule is CC(CN)(NC(=O)CN1CCCCCCC1=O)C1CC1.Cl. The lowest BCUT2D eigenvalue weighted by molar-refractivity contribution is -0.137. The van der Waals surface area contributed by atoms with Gasteiger partial charge in [-0.15, -0.1) is 12.4 Å². The second-order valence-electron chi connectivity index (χ2n) is 6.42. The van der Waals surface area contributed by atoms with Crippen molar-refractivity contribution in [2.24, 2.45) is 11.7 Å². The summed E-state index contributed by atoms with van der Waals surface area (Å²) in [6.45, 7) is 3.35. The molecule has 1 saturated carbocycles. The van der Waals surface area contributed by atoms with Crippen molar-refractivity contribution in [3.05, 3.63) is 0 Å². The van der Waals surface area contributed by atoms with E-state index in [9.17, 15) is 9.59 Å². The van der Waals surface area contributed by atoms with Gasteiger partial charge in [-0.3, -0.25) is 9.59 Å². The van der Waals surface area contributed by atoms with Crippen molar-refractivity contribution in [3.63, 3.8) is 0 Å². The molecule has 2 amide bonds. The van der Waals surface area contributed by atoms with Gasteiger partial charge in [0, 0.05) is 19.5 Å². The zero-order valence-electron chi connectivity index (χ0n) is 12.9. The van der Waals surface area contributed by atoms with E-state index < -0.39 is 0 Å². The lowest BCUT2D eigenvalue weighted by Crippen LogP contribution is -2.55. The van der Waals surface area contributed by atoms with Crippen molar-refractivity contribution in [1.29, 1.82) is 0 Å². The van der Waals surface area contributed by atoms with E-state index in [0.29, 0.717) is 25.4 Å². The third kappa shape index (κ3) is 5.15. The van der Waals surface area contributed by atoms with Gasteiger partial charge in [-0.1, -0.05) is 12.8 Å². The van der Waals surface area contributed by atoms with Crippen LogP contribution in [0.2, 0.25) is 0 Å². The number of rotatable bonds is 5. The van der Waals surface area contributed by atoms with Crippen LogP contribution in [0.1, 0.15) is 51.9 Å². The van der Waals surface area contributed by atoms with Crippen LogP contribution in [0.3, 0.4) is 0 Å². The summed E-state index contributed by atoms with van der Waals surface area (Å²) < 4.78 is 0. The van der Waals surface area contributed by atoms with Gasteiger partial charge in [0.25, 0.3) is 0 Å². The average molecular weight is 318 g/mol. The summed E-state index contributed by atoms with van der Waals surface area (Å²) in [4.78, 5) is 25.9. The number of nitrogens with two attached hydrogens (primary N) is 1. The molecule has 1 unspecified atom stereocenters. The Hall–Kier alpha value is -0.810. The van der Waals surface area contributed by atoms with E-state index in [1.165, 1.54) is 0 Å². The second-order valence-corrected chi connectivity index (χ2v) is 6.42. The molecule has 0 bridgehead atoms. The predicted molar refractivity (Wildman–Crippen MR) is 85.2 cm³/mol. The van der Waals surface area contributed by atoms with Gasteiger partial charge in [0.15, 0.2) is 0 Å². The van der Waals surface area contributed by atoms with E-state index in [2.05, 4.69) is 5.32 Å². The highest BCUT2D eigenvalue weighted by atomic mass is 35.5. The number of nitrogens with one attached hydrogen (secondary N) is 1. The molecule has 0 aromatic heterocycles. The number of nitrogens with zero attached hydrogens (tertiary/aromatic N) is 1.